The minimum Gasteiger partial charge on any atom is -0.459 e. The Bertz CT molecular complexity index is 1160. The average molecular weight is 464 g/mol. The highest BCUT2D eigenvalue weighted by atomic mass is 19.1. The van der Waals surface area contributed by atoms with E-state index in [1.165, 1.54) is 42.4 Å². The van der Waals surface area contributed by atoms with E-state index in [1.807, 2.05) is 0 Å². The Kier molecular flexibility index (Phi) is 7.06. The number of hydrogen-bond donors (Lipinski definition) is 2. The van der Waals surface area contributed by atoms with Gasteiger partial charge in [-0.15, -0.1) is 0 Å². The van der Waals surface area contributed by atoms with Gasteiger partial charge in [-0.05, 0) is 55.3 Å². The van der Waals surface area contributed by atoms with Crippen LogP contribution in [-0.4, -0.2) is 23.8 Å². The van der Waals surface area contributed by atoms with Gasteiger partial charge in [-0.25, -0.2) is 4.39 Å². The molecule has 1 heterocycles. The van der Waals surface area contributed by atoms with Crippen LogP contribution in [0.2, 0.25) is 0 Å². The van der Waals surface area contributed by atoms with E-state index in [9.17, 15) is 14.4 Å². The molecule has 0 saturated heterocycles. The number of amides is 3. The molecule has 3 aromatic rings. The van der Waals surface area contributed by atoms with Crippen molar-refractivity contribution in [2.75, 3.05) is 10.2 Å². The van der Waals surface area contributed by atoms with E-state index in [2.05, 4.69) is 10.6 Å². The van der Waals surface area contributed by atoms with Crippen molar-refractivity contribution in [2.45, 2.75) is 44.7 Å². The van der Waals surface area contributed by atoms with Crippen LogP contribution in [-0.2, 0) is 9.59 Å². The highest BCUT2D eigenvalue weighted by Gasteiger charge is 2.37. The van der Waals surface area contributed by atoms with E-state index < -0.39 is 23.7 Å². The zero-order valence-corrected chi connectivity index (χ0v) is 18.8. The van der Waals surface area contributed by atoms with Gasteiger partial charge in [0.1, 0.15) is 11.9 Å². The van der Waals surface area contributed by atoms with Crippen molar-refractivity contribution in [1.29, 1.82) is 0 Å². The Labute approximate surface area is 196 Å². The molecule has 0 bridgehead atoms. The predicted molar refractivity (Wildman–Crippen MR) is 126 cm³/mol. The summed E-state index contributed by atoms with van der Waals surface area (Å²) in [6.07, 6.45) is 5.06. The van der Waals surface area contributed by atoms with Gasteiger partial charge in [0.15, 0.2) is 5.76 Å². The summed E-state index contributed by atoms with van der Waals surface area (Å²) in [5.41, 5.74) is 0.952. The highest BCUT2D eigenvalue weighted by molar-refractivity contribution is 6.08. The summed E-state index contributed by atoms with van der Waals surface area (Å²) >= 11 is 0. The zero-order chi connectivity index (χ0) is 24.1. The molecule has 8 heteroatoms. The third-order valence-electron chi connectivity index (χ3n) is 5.82. The van der Waals surface area contributed by atoms with Crippen molar-refractivity contribution in [2.24, 2.45) is 0 Å². The minimum absolute atomic E-state index is 0.0148. The first-order valence-electron chi connectivity index (χ1n) is 11.2. The van der Waals surface area contributed by atoms with Gasteiger partial charge in [-0.1, -0.05) is 31.0 Å². The molecule has 1 saturated carbocycles. The maximum absolute atomic E-state index is 15.0. The van der Waals surface area contributed by atoms with Crippen LogP contribution in [0.4, 0.5) is 15.8 Å². The fourth-order valence-electron chi connectivity index (χ4n) is 4.26. The number of benzene rings is 2. The summed E-state index contributed by atoms with van der Waals surface area (Å²) in [6, 6.07) is 14.1. The van der Waals surface area contributed by atoms with Crippen LogP contribution in [0.5, 0.6) is 0 Å². The summed E-state index contributed by atoms with van der Waals surface area (Å²) in [5, 5.41) is 5.67. The molecule has 176 valence electrons. The second-order valence-corrected chi connectivity index (χ2v) is 8.29. The Hall–Kier alpha value is -3.94. The van der Waals surface area contributed by atoms with Crippen molar-refractivity contribution in [3.8, 4) is 0 Å². The minimum atomic E-state index is -1.27. The summed E-state index contributed by atoms with van der Waals surface area (Å²) in [6.45, 7) is 1.39. The molecule has 1 aliphatic carbocycles. The van der Waals surface area contributed by atoms with Crippen molar-refractivity contribution < 1.29 is 23.2 Å². The second-order valence-electron chi connectivity index (χ2n) is 8.29. The summed E-state index contributed by atoms with van der Waals surface area (Å²) in [7, 11) is 0. The Morgan fingerprint density at radius 1 is 1.00 bits per heavy atom. The highest BCUT2D eigenvalue weighted by Crippen LogP contribution is 2.33. The molecule has 0 aliphatic heterocycles. The lowest BCUT2D eigenvalue weighted by molar-refractivity contribution is -0.123. The van der Waals surface area contributed by atoms with Gasteiger partial charge < -0.3 is 15.1 Å². The first-order chi connectivity index (χ1) is 16.4. The maximum Gasteiger partial charge on any atom is 0.294 e. The summed E-state index contributed by atoms with van der Waals surface area (Å²) in [4.78, 5) is 39.8. The second kappa shape index (κ2) is 10.3. The number of halogens is 1. The van der Waals surface area contributed by atoms with Crippen molar-refractivity contribution in [3.63, 3.8) is 0 Å². The topological polar surface area (TPSA) is 91.7 Å². The standard InChI is InChI=1S/C26H26FN3O4/c1-17(31)28-19-12-14-20(15-13-19)30(26(33)23-11-6-16-34-23)24(21-9-4-5-10-22(21)27)25(32)29-18-7-2-3-8-18/h4-6,9-16,18,24H,2-3,7-8H2,1H3,(H,28,31)(H,29,32)/t24-/m0/s1. The molecular formula is C26H26FN3O4. The Morgan fingerprint density at radius 3 is 2.32 bits per heavy atom. The van der Waals surface area contributed by atoms with Crippen LogP contribution >= 0.6 is 0 Å². The molecular weight excluding hydrogens is 437 g/mol. The number of furan rings is 1. The van der Waals surface area contributed by atoms with E-state index in [0.717, 1.165) is 25.7 Å². The molecule has 0 spiro atoms. The zero-order valence-electron chi connectivity index (χ0n) is 18.8. The van der Waals surface area contributed by atoms with E-state index in [0.29, 0.717) is 11.4 Å². The molecule has 1 atom stereocenters. The van der Waals surface area contributed by atoms with Crippen LogP contribution in [0.15, 0.2) is 71.3 Å². The number of nitrogens with one attached hydrogen (secondary N) is 2. The van der Waals surface area contributed by atoms with Crippen molar-refractivity contribution in [3.05, 3.63) is 84.1 Å². The number of anilines is 2. The van der Waals surface area contributed by atoms with Gasteiger partial charge in [0.05, 0.1) is 6.26 Å². The van der Waals surface area contributed by atoms with Gasteiger partial charge in [-0.3, -0.25) is 19.3 Å². The van der Waals surface area contributed by atoms with E-state index in [1.54, 1.807) is 36.4 Å². The number of rotatable bonds is 7. The molecule has 1 aromatic heterocycles. The van der Waals surface area contributed by atoms with E-state index >= 15 is 4.39 Å². The van der Waals surface area contributed by atoms with Gasteiger partial charge in [0.2, 0.25) is 11.8 Å². The molecule has 3 amide bonds. The number of nitrogens with zero attached hydrogens (tertiary/aromatic N) is 1. The summed E-state index contributed by atoms with van der Waals surface area (Å²) in [5.74, 6) is -1.88. The number of carbonyl (C=O) groups excluding carboxylic acids is 3. The average Bonchev–Trinajstić information content (AvgIpc) is 3.53. The predicted octanol–water partition coefficient (Wildman–Crippen LogP) is 4.82. The Morgan fingerprint density at radius 2 is 1.71 bits per heavy atom. The fourth-order valence-corrected chi connectivity index (χ4v) is 4.26. The Balaban J connectivity index is 1.80. The first-order valence-corrected chi connectivity index (χ1v) is 11.2. The molecule has 4 rings (SSSR count). The van der Waals surface area contributed by atoms with E-state index in [4.69, 9.17) is 4.42 Å². The molecule has 1 fully saturated rings. The summed E-state index contributed by atoms with van der Waals surface area (Å²) < 4.78 is 20.3. The number of carbonyl (C=O) groups is 3. The molecule has 7 nitrogen and oxygen atoms in total. The normalized spacial score (nSPS) is 14.4. The van der Waals surface area contributed by atoms with Crippen LogP contribution < -0.4 is 15.5 Å². The maximum atomic E-state index is 15.0. The van der Waals surface area contributed by atoms with Gasteiger partial charge >= 0.3 is 0 Å². The van der Waals surface area contributed by atoms with Crippen LogP contribution in [0, 0.1) is 5.82 Å². The monoisotopic (exact) mass is 463 g/mol. The third-order valence-corrected chi connectivity index (χ3v) is 5.82. The first kappa shape index (κ1) is 23.2. The van der Waals surface area contributed by atoms with Gasteiger partial charge in [0, 0.05) is 29.9 Å². The lowest BCUT2D eigenvalue weighted by atomic mass is 10.0. The molecule has 34 heavy (non-hydrogen) atoms. The molecule has 1 aliphatic rings. The molecule has 0 unspecified atom stereocenters. The van der Waals surface area contributed by atoms with Gasteiger partial charge in [-0.2, -0.15) is 0 Å². The third kappa shape index (κ3) is 5.17. The molecule has 2 N–H and O–H groups in total. The van der Waals surface area contributed by atoms with E-state index in [-0.39, 0.29) is 23.3 Å². The molecule has 0 radical (unpaired) electrons. The SMILES string of the molecule is CC(=O)Nc1ccc(N(C(=O)c2ccco2)[C@H](C(=O)NC2CCCC2)c2ccccc2F)cc1. The van der Waals surface area contributed by atoms with Crippen molar-refractivity contribution in [1.82, 2.24) is 5.32 Å². The largest absolute Gasteiger partial charge is 0.459 e. The number of hydrogen-bond acceptors (Lipinski definition) is 4. The smallest absolute Gasteiger partial charge is 0.294 e. The van der Waals surface area contributed by atoms with Crippen LogP contribution in [0.25, 0.3) is 0 Å². The van der Waals surface area contributed by atoms with Crippen molar-refractivity contribution >= 4 is 29.1 Å². The van der Waals surface area contributed by atoms with Crippen LogP contribution in [0.1, 0.15) is 54.8 Å². The lowest BCUT2D eigenvalue weighted by Crippen LogP contribution is -2.46. The fraction of sp³-hybridized carbons (Fsp3) is 0.269. The molecule has 2 aromatic carbocycles. The van der Waals surface area contributed by atoms with Gasteiger partial charge in [0.25, 0.3) is 5.91 Å². The lowest BCUT2D eigenvalue weighted by Gasteiger charge is -2.32. The van der Waals surface area contributed by atoms with Crippen LogP contribution in [0.3, 0.4) is 0 Å². The quantitative estimate of drug-likeness (QED) is 0.525.